The number of furan rings is 1. The van der Waals surface area contributed by atoms with Gasteiger partial charge in [0.15, 0.2) is 0 Å². The molecule has 0 saturated carbocycles. The van der Waals surface area contributed by atoms with Crippen LogP contribution in [0.1, 0.15) is 36.4 Å². The van der Waals surface area contributed by atoms with Gasteiger partial charge in [0.1, 0.15) is 17.1 Å². The lowest BCUT2D eigenvalue weighted by Gasteiger charge is -2.25. The van der Waals surface area contributed by atoms with E-state index in [0.29, 0.717) is 35.6 Å². The third-order valence-electron chi connectivity index (χ3n) is 3.63. The van der Waals surface area contributed by atoms with Gasteiger partial charge in [-0.1, -0.05) is 0 Å². The van der Waals surface area contributed by atoms with Crippen molar-refractivity contribution in [1.29, 1.82) is 5.26 Å². The average molecular weight is 300 g/mol. The molecule has 116 valence electrons. The minimum Gasteiger partial charge on any atom is -0.497 e. The molecular formula is C17H20N2O3. The van der Waals surface area contributed by atoms with Crippen molar-refractivity contribution in [1.82, 2.24) is 4.90 Å². The van der Waals surface area contributed by atoms with Crippen molar-refractivity contribution in [2.45, 2.75) is 33.2 Å². The summed E-state index contributed by atoms with van der Waals surface area (Å²) < 4.78 is 10.9. The van der Waals surface area contributed by atoms with Crippen molar-refractivity contribution < 1.29 is 13.9 Å². The number of hydrogen-bond donors (Lipinski definition) is 0. The van der Waals surface area contributed by atoms with E-state index in [4.69, 9.17) is 14.4 Å². The van der Waals surface area contributed by atoms with Crippen LogP contribution >= 0.6 is 0 Å². The third-order valence-corrected chi connectivity index (χ3v) is 3.63. The fraction of sp³-hybridized carbons (Fsp3) is 0.412. The largest absolute Gasteiger partial charge is 0.497 e. The van der Waals surface area contributed by atoms with Gasteiger partial charge < -0.3 is 14.1 Å². The van der Waals surface area contributed by atoms with Gasteiger partial charge in [-0.3, -0.25) is 4.79 Å². The summed E-state index contributed by atoms with van der Waals surface area (Å²) in [7, 11) is 1.59. The number of nitrogens with zero attached hydrogens (tertiary/aromatic N) is 2. The van der Waals surface area contributed by atoms with E-state index >= 15 is 0 Å². The molecule has 0 saturated heterocycles. The van der Waals surface area contributed by atoms with Crippen LogP contribution in [0.4, 0.5) is 0 Å². The van der Waals surface area contributed by atoms with E-state index in [2.05, 4.69) is 6.07 Å². The molecule has 0 spiro atoms. The maximum absolute atomic E-state index is 12.9. The van der Waals surface area contributed by atoms with E-state index in [1.807, 2.05) is 19.9 Å². The summed E-state index contributed by atoms with van der Waals surface area (Å²) in [5.74, 6) is 1.14. The summed E-state index contributed by atoms with van der Waals surface area (Å²) in [4.78, 5) is 14.6. The number of amides is 1. The van der Waals surface area contributed by atoms with Crippen LogP contribution in [0.25, 0.3) is 11.0 Å². The lowest BCUT2D eigenvalue weighted by Crippen LogP contribution is -2.37. The molecule has 0 aliphatic carbocycles. The molecule has 2 rings (SSSR count). The Morgan fingerprint density at radius 1 is 1.45 bits per heavy atom. The molecule has 0 atom stereocenters. The summed E-state index contributed by atoms with van der Waals surface area (Å²) in [6, 6.07) is 7.50. The highest BCUT2D eigenvalue weighted by Crippen LogP contribution is 2.30. The second kappa shape index (κ2) is 6.52. The van der Waals surface area contributed by atoms with Gasteiger partial charge in [0.2, 0.25) is 0 Å². The van der Waals surface area contributed by atoms with Crippen molar-refractivity contribution in [2.24, 2.45) is 0 Å². The fourth-order valence-corrected chi connectivity index (χ4v) is 2.50. The van der Waals surface area contributed by atoms with Gasteiger partial charge in [-0.15, -0.1) is 0 Å². The molecule has 22 heavy (non-hydrogen) atoms. The summed E-state index contributed by atoms with van der Waals surface area (Å²) in [6.45, 7) is 6.06. The number of ether oxygens (including phenoxy) is 1. The van der Waals surface area contributed by atoms with Gasteiger partial charge in [-0.05, 0) is 39.0 Å². The predicted octanol–water partition coefficient (Wildman–Crippen LogP) is 3.51. The van der Waals surface area contributed by atoms with Crippen LogP contribution in [0.15, 0.2) is 22.6 Å². The van der Waals surface area contributed by atoms with E-state index in [1.54, 1.807) is 31.1 Å². The number of nitriles is 1. The van der Waals surface area contributed by atoms with Crippen LogP contribution in [0.3, 0.4) is 0 Å². The highest BCUT2D eigenvalue weighted by atomic mass is 16.5. The predicted molar refractivity (Wildman–Crippen MR) is 83.9 cm³/mol. The molecule has 2 aromatic rings. The van der Waals surface area contributed by atoms with Crippen LogP contribution in [0.5, 0.6) is 5.75 Å². The van der Waals surface area contributed by atoms with Gasteiger partial charge in [-0.25, -0.2) is 0 Å². The Morgan fingerprint density at radius 2 is 2.18 bits per heavy atom. The van der Waals surface area contributed by atoms with Crippen LogP contribution in [0, 0.1) is 18.3 Å². The number of rotatable bonds is 5. The number of methoxy groups -OCH3 is 1. The smallest absolute Gasteiger partial charge is 0.258 e. The molecule has 0 aliphatic heterocycles. The highest BCUT2D eigenvalue weighted by molar-refractivity contribution is 6.07. The Labute approximate surface area is 130 Å². The molecule has 0 aliphatic rings. The molecule has 1 heterocycles. The number of benzene rings is 1. The number of carbonyl (C=O) groups excluding carboxylic acids is 1. The Bertz CT molecular complexity index is 725. The minimum absolute atomic E-state index is 0.0100. The molecule has 0 radical (unpaired) electrons. The molecule has 5 heteroatoms. The molecule has 0 unspecified atom stereocenters. The molecule has 1 aromatic carbocycles. The quantitative estimate of drug-likeness (QED) is 0.847. The second-order valence-corrected chi connectivity index (χ2v) is 5.40. The fourth-order valence-electron chi connectivity index (χ4n) is 2.50. The van der Waals surface area contributed by atoms with Crippen molar-refractivity contribution in [3.63, 3.8) is 0 Å². The molecule has 0 N–H and O–H groups in total. The first-order valence-corrected chi connectivity index (χ1v) is 7.24. The first kappa shape index (κ1) is 15.9. The summed E-state index contributed by atoms with van der Waals surface area (Å²) >= 11 is 0. The molecule has 0 bridgehead atoms. The number of fused-ring (bicyclic) bond motifs is 1. The van der Waals surface area contributed by atoms with Crippen LogP contribution in [0.2, 0.25) is 0 Å². The summed E-state index contributed by atoms with van der Waals surface area (Å²) in [5, 5.41) is 9.52. The number of hydrogen-bond acceptors (Lipinski definition) is 4. The molecule has 0 fully saturated rings. The van der Waals surface area contributed by atoms with Gasteiger partial charge in [-0.2, -0.15) is 5.26 Å². The van der Waals surface area contributed by atoms with Gasteiger partial charge in [0, 0.05) is 18.0 Å². The van der Waals surface area contributed by atoms with E-state index < -0.39 is 0 Å². The third kappa shape index (κ3) is 2.91. The molecule has 5 nitrogen and oxygen atoms in total. The van der Waals surface area contributed by atoms with Crippen LogP contribution in [-0.4, -0.2) is 30.5 Å². The van der Waals surface area contributed by atoms with Crippen molar-refractivity contribution in [2.75, 3.05) is 13.7 Å². The normalized spacial score (nSPS) is 10.7. The maximum Gasteiger partial charge on any atom is 0.258 e. The van der Waals surface area contributed by atoms with Gasteiger partial charge in [0.25, 0.3) is 5.91 Å². The van der Waals surface area contributed by atoms with Gasteiger partial charge in [0.05, 0.1) is 25.2 Å². The average Bonchev–Trinajstić information content (AvgIpc) is 2.81. The number of aryl methyl sites for hydroxylation is 1. The molecule has 1 aromatic heterocycles. The Kier molecular flexibility index (Phi) is 4.71. The molecular weight excluding hydrogens is 280 g/mol. The van der Waals surface area contributed by atoms with Crippen molar-refractivity contribution in [3.05, 3.63) is 29.5 Å². The Hall–Kier alpha value is -2.48. The first-order valence-electron chi connectivity index (χ1n) is 7.24. The summed E-state index contributed by atoms with van der Waals surface area (Å²) in [6.07, 6.45) is 0.308. The molecule has 1 amide bonds. The monoisotopic (exact) mass is 300 g/mol. The maximum atomic E-state index is 12.9. The Balaban J connectivity index is 2.49. The Morgan fingerprint density at radius 3 is 2.77 bits per heavy atom. The van der Waals surface area contributed by atoms with E-state index in [0.717, 1.165) is 5.39 Å². The van der Waals surface area contributed by atoms with Gasteiger partial charge >= 0.3 is 0 Å². The minimum atomic E-state index is -0.116. The first-order chi connectivity index (χ1) is 10.5. The van der Waals surface area contributed by atoms with E-state index in [9.17, 15) is 4.79 Å². The van der Waals surface area contributed by atoms with Crippen LogP contribution in [-0.2, 0) is 0 Å². The zero-order valence-electron chi connectivity index (χ0n) is 13.3. The lowest BCUT2D eigenvalue weighted by molar-refractivity contribution is 0.0710. The van der Waals surface area contributed by atoms with E-state index in [-0.39, 0.29) is 11.9 Å². The highest BCUT2D eigenvalue weighted by Gasteiger charge is 2.25. The van der Waals surface area contributed by atoms with Crippen molar-refractivity contribution >= 4 is 16.9 Å². The second-order valence-electron chi connectivity index (χ2n) is 5.40. The van der Waals surface area contributed by atoms with Crippen molar-refractivity contribution in [3.8, 4) is 11.8 Å². The zero-order valence-corrected chi connectivity index (χ0v) is 13.3. The standard InChI is InChI=1S/C17H20N2O3/c1-11(2)19(9-5-8-18)17(20)16-12(3)22-15-7-6-13(21-4)10-14(15)16/h6-7,10-11H,5,9H2,1-4H3. The SMILES string of the molecule is COc1ccc2oc(C)c(C(=O)N(CCC#N)C(C)C)c2c1. The topological polar surface area (TPSA) is 66.5 Å². The zero-order chi connectivity index (χ0) is 16.3. The van der Waals surface area contributed by atoms with Crippen LogP contribution < -0.4 is 4.74 Å². The number of carbonyl (C=O) groups is 1. The lowest BCUT2D eigenvalue weighted by atomic mass is 10.1. The van der Waals surface area contributed by atoms with E-state index in [1.165, 1.54) is 0 Å². The summed E-state index contributed by atoms with van der Waals surface area (Å²) in [5.41, 5.74) is 1.20.